The fraction of sp³-hybridized carbons (Fsp3) is 0.308. The molecule has 0 aromatic heterocycles. The number of ether oxygens (including phenoxy) is 1. The molecule has 0 unspecified atom stereocenters. The number of hydrogen-bond donors (Lipinski definition) is 2. The summed E-state index contributed by atoms with van der Waals surface area (Å²) in [4.78, 5) is 26.9. The van der Waals surface area contributed by atoms with Crippen LogP contribution >= 0.6 is 0 Å². The number of dihydropyridines is 1. The zero-order chi connectivity index (χ0) is 24.1. The minimum absolute atomic E-state index is 0.195. The molecule has 0 aliphatic carbocycles. The zero-order valence-electron chi connectivity index (χ0n) is 19.4. The third-order valence-electron chi connectivity index (χ3n) is 5.78. The molecule has 0 bridgehead atoms. The second kappa shape index (κ2) is 10.5. The lowest BCUT2D eigenvalue weighted by Crippen LogP contribution is -2.33. The van der Waals surface area contributed by atoms with Gasteiger partial charge in [-0.05, 0) is 54.2 Å². The summed E-state index contributed by atoms with van der Waals surface area (Å²) >= 11 is 0. The first-order valence-electron chi connectivity index (χ1n) is 11.3. The van der Waals surface area contributed by atoms with Crippen LogP contribution in [0.1, 0.15) is 12.5 Å². The average Bonchev–Trinajstić information content (AvgIpc) is 3.19. The highest BCUT2D eigenvalue weighted by Gasteiger charge is 2.32. The maximum Gasteiger partial charge on any atom is 0.414 e. The molecule has 0 saturated carbocycles. The Labute approximate surface area is 198 Å². The molecule has 0 radical (unpaired) electrons. The van der Waals surface area contributed by atoms with Gasteiger partial charge in [0.05, 0.1) is 18.8 Å². The summed E-state index contributed by atoms with van der Waals surface area (Å²) in [5.74, 6) is -0.607. The summed E-state index contributed by atoms with van der Waals surface area (Å²) in [5.41, 5.74) is 4.09. The first kappa shape index (κ1) is 23.5. The monoisotopic (exact) mass is 464 g/mol. The smallest absolute Gasteiger partial charge is 0.414 e. The predicted molar refractivity (Wildman–Crippen MR) is 130 cm³/mol. The molecule has 7 nitrogen and oxygen atoms in total. The molecule has 2 aliphatic rings. The van der Waals surface area contributed by atoms with E-state index in [0.29, 0.717) is 11.3 Å². The Morgan fingerprint density at radius 1 is 1.24 bits per heavy atom. The van der Waals surface area contributed by atoms with E-state index in [0.717, 1.165) is 30.8 Å². The van der Waals surface area contributed by atoms with Crippen molar-refractivity contribution in [3.8, 4) is 11.1 Å². The molecule has 178 valence electrons. The standard InChI is InChI=1S/C26H29FN4O3/c1-18(32)29-14-23-17-31(26(33)34-23)22-7-8-24(25(27)13-22)21-5-3-19(4-6-21)15-30(2)16-20-9-11-28-12-10-20/h3-11,13,23,28H,12,14-17H2,1-2H3,(H,29,32)/t23-/m0/s1. The molecular weight excluding hydrogens is 435 g/mol. The van der Waals surface area contributed by atoms with E-state index >= 15 is 0 Å². The van der Waals surface area contributed by atoms with Crippen molar-refractivity contribution >= 4 is 17.7 Å². The van der Waals surface area contributed by atoms with Gasteiger partial charge in [0, 0.05) is 32.1 Å². The van der Waals surface area contributed by atoms with Crippen molar-refractivity contribution in [3.05, 3.63) is 77.8 Å². The molecule has 2 aromatic carbocycles. The van der Waals surface area contributed by atoms with Gasteiger partial charge in [-0.25, -0.2) is 9.18 Å². The summed E-state index contributed by atoms with van der Waals surface area (Å²) in [6.45, 7) is 4.39. The molecule has 2 N–H and O–H groups in total. The topological polar surface area (TPSA) is 73.9 Å². The van der Waals surface area contributed by atoms with E-state index in [9.17, 15) is 14.0 Å². The van der Waals surface area contributed by atoms with Crippen LogP contribution in [0.5, 0.6) is 0 Å². The molecule has 34 heavy (non-hydrogen) atoms. The van der Waals surface area contributed by atoms with E-state index in [1.54, 1.807) is 12.1 Å². The van der Waals surface area contributed by atoms with Gasteiger partial charge >= 0.3 is 6.09 Å². The van der Waals surface area contributed by atoms with Gasteiger partial charge in [0.2, 0.25) is 5.91 Å². The Morgan fingerprint density at radius 3 is 2.71 bits per heavy atom. The number of rotatable bonds is 8. The molecule has 2 aromatic rings. The van der Waals surface area contributed by atoms with Crippen LogP contribution in [0, 0.1) is 5.82 Å². The number of amides is 2. The Morgan fingerprint density at radius 2 is 2.03 bits per heavy atom. The molecule has 1 saturated heterocycles. The Hall–Kier alpha value is -3.65. The third-order valence-corrected chi connectivity index (χ3v) is 5.78. The second-order valence-electron chi connectivity index (χ2n) is 8.61. The van der Waals surface area contributed by atoms with Crippen LogP contribution in [0.15, 0.2) is 66.4 Å². The highest BCUT2D eigenvalue weighted by atomic mass is 19.1. The lowest BCUT2D eigenvalue weighted by molar-refractivity contribution is -0.119. The van der Waals surface area contributed by atoms with Gasteiger partial charge in [-0.1, -0.05) is 30.3 Å². The van der Waals surface area contributed by atoms with Crippen LogP contribution in [0.3, 0.4) is 0 Å². The number of nitrogens with zero attached hydrogens (tertiary/aromatic N) is 2. The first-order chi connectivity index (χ1) is 16.4. The van der Waals surface area contributed by atoms with E-state index in [1.165, 1.54) is 23.5 Å². The van der Waals surface area contributed by atoms with Gasteiger partial charge in [0.15, 0.2) is 0 Å². The van der Waals surface area contributed by atoms with E-state index in [2.05, 4.69) is 34.7 Å². The Balaban J connectivity index is 1.39. The van der Waals surface area contributed by atoms with Crippen molar-refractivity contribution < 1.29 is 18.7 Å². The summed E-state index contributed by atoms with van der Waals surface area (Å²) in [6, 6.07) is 12.6. The maximum absolute atomic E-state index is 15.0. The second-order valence-corrected chi connectivity index (χ2v) is 8.61. The van der Waals surface area contributed by atoms with Crippen LogP contribution in [-0.4, -0.2) is 56.2 Å². The van der Waals surface area contributed by atoms with Crippen LogP contribution < -0.4 is 15.5 Å². The number of cyclic esters (lactones) is 1. The number of anilines is 1. The van der Waals surface area contributed by atoms with Gasteiger partial charge in [0.1, 0.15) is 11.9 Å². The number of likely N-dealkylation sites (N-methyl/N-ethyl adjacent to an activating group) is 1. The minimum Gasteiger partial charge on any atom is -0.442 e. The van der Waals surface area contributed by atoms with Crippen LogP contribution in [-0.2, 0) is 16.1 Å². The van der Waals surface area contributed by atoms with Crippen molar-refractivity contribution in [2.45, 2.75) is 19.6 Å². The normalized spacial score (nSPS) is 17.4. The average molecular weight is 465 g/mol. The van der Waals surface area contributed by atoms with E-state index in [1.807, 2.05) is 30.5 Å². The summed E-state index contributed by atoms with van der Waals surface area (Å²) < 4.78 is 20.2. The summed E-state index contributed by atoms with van der Waals surface area (Å²) in [5, 5.41) is 5.78. The van der Waals surface area contributed by atoms with Crippen molar-refractivity contribution in [3.63, 3.8) is 0 Å². The molecule has 2 amide bonds. The molecule has 2 heterocycles. The van der Waals surface area contributed by atoms with Crippen molar-refractivity contribution in [1.29, 1.82) is 0 Å². The lowest BCUT2D eigenvalue weighted by atomic mass is 10.0. The number of carbonyl (C=O) groups is 2. The summed E-state index contributed by atoms with van der Waals surface area (Å²) in [7, 11) is 2.08. The molecule has 1 atom stereocenters. The summed E-state index contributed by atoms with van der Waals surface area (Å²) in [6.07, 6.45) is 5.21. The molecular formula is C26H29FN4O3. The van der Waals surface area contributed by atoms with Gasteiger partial charge in [-0.15, -0.1) is 0 Å². The zero-order valence-corrected chi connectivity index (χ0v) is 19.4. The SMILES string of the molecule is CC(=O)NC[C@H]1CN(c2ccc(-c3ccc(CN(C)CC4=CCNC=C4)cc3)c(F)c2)C(=O)O1. The highest BCUT2D eigenvalue weighted by Crippen LogP contribution is 2.29. The molecule has 2 aliphatic heterocycles. The van der Waals surface area contributed by atoms with E-state index in [4.69, 9.17) is 4.74 Å². The number of halogens is 1. The fourth-order valence-electron chi connectivity index (χ4n) is 4.08. The maximum atomic E-state index is 15.0. The number of hydrogen-bond acceptors (Lipinski definition) is 5. The van der Waals surface area contributed by atoms with Crippen LogP contribution in [0.2, 0.25) is 0 Å². The molecule has 1 fully saturated rings. The third kappa shape index (κ3) is 5.82. The molecule has 4 rings (SSSR count). The van der Waals surface area contributed by atoms with E-state index < -0.39 is 18.0 Å². The van der Waals surface area contributed by atoms with Gasteiger partial charge in [-0.2, -0.15) is 0 Å². The van der Waals surface area contributed by atoms with Crippen molar-refractivity contribution in [1.82, 2.24) is 15.5 Å². The number of carbonyl (C=O) groups excluding carboxylic acids is 2. The molecule has 8 heteroatoms. The Bertz CT molecular complexity index is 1110. The number of nitrogens with one attached hydrogen (secondary N) is 2. The quantitative estimate of drug-likeness (QED) is 0.626. The fourth-order valence-corrected chi connectivity index (χ4v) is 4.08. The van der Waals surface area contributed by atoms with Gasteiger partial charge in [-0.3, -0.25) is 14.6 Å². The van der Waals surface area contributed by atoms with Gasteiger partial charge < -0.3 is 15.4 Å². The molecule has 0 spiro atoms. The van der Waals surface area contributed by atoms with Crippen LogP contribution in [0.4, 0.5) is 14.9 Å². The predicted octanol–water partition coefficient (Wildman–Crippen LogP) is 3.43. The van der Waals surface area contributed by atoms with Crippen molar-refractivity contribution in [2.24, 2.45) is 0 Å². The largest absolute Gasteiger partial charge is 0.442 e. The first-order valence-corrected chi connectivity index (χ1v) is 11.3. The van der Waals surface area contributed by atoms with Crippen LogP contribution in [0.25, 0.3) is 11.1 Å². The van der Waals surface area contributed by atoms with E-state index in [-0.39, 0.29) is 19.0 Å². The van der Waals surface area contributed by atoms with Crippen molar-refractivity contribution in [2.75, 3.05) is 38.1 Å². The van der Waals surface area contributed by atoms with Gasteiger partial charge in [0.25, 0.3) is 0 Å². The highest BCUT2D eigenvalue weighted by molar-refractivity contribution is 5.90. The minimum atomic E-state index is -0.549. The number of benzene rings is 2. The Kier molecular flexibility index (Phi) is 7.27. The lowest BCUT2D eigenvalue weighted by Gasteiger charge is -2.19.